The van der Waals surface area contributed by atoms with Gasteiger partial charge in [-0.2, -0.15) is 13.2 Å². The number of alkyl halides is 3. The van der Waals surface area contributed by atoms with Crippen LogP contribution in [0.15, 0.2) is 52.3 Å². The van der Waals surface area contributed by atoms with Crippen molar-refractivity contribution >= 4 is 21.3 Å². The zero-order chi connectivity index (χ0) is 22.2. The number of carbonyl (C=O) groups excluding carboxylic acids is 1. The quantitative estimate of drug-likeness (QED) is 0.729. The molecule has 1 aliphatic heterocycles. The predicted molar refractivity (Wildman–Crippen MR) is 107 cm³/mol. The molecule has 2 heterocycles. The molecule has 1 fully saturated rings. The summed E-state index contributed by atoms with van der Waals surface area (Å²) in [7, 11) is -4.31. The van der Waals surface area contributed by atoms with E-state index in [1.54, 1.807) is 6.08 Å². The summed E-state index contributed by atoms with van der Waals surface area (Å²) in [6, 6.07) is 6.27. The van der Waals surface area contributed by atoms with E-state index in [9.17, 15) is 26.4 Å². The molecule has 0 radical (unpaired) electrons. The van der Waals surface area contributed by atoms with Crippen LogP contribution in [0.5, 0.6) is 0 Å². The third-order valence-electron chi connectivity index (χ3n) is 5.13. The van der Waals surface area contributed by atoms with Gasteiger partial charge < -0.3 is 10.6 Å². The van der Waals surface area contributed by atoms with Gasteiger partial charge in [-0.3, -0.25) is 4.79 Å². The van der Waals surface area contributed by atoms with Gasteiger partial charge >= 0.3 is 6.18 Å². The lowest BCUT2D eigenvalue weighted by Gasteiger charge is -2.18. The minimum atomic E-state index is -4.67. The number of hydrogen-bond donors (Lipinski definition) is 2. The van der Waals surface area contributed by atoms with Crippen molar-refractivity contribution in [3.63, 3.8) is 0 Å². The number of sulfone groups is 1. The van der Waals surface area contributed by atoms with Gasteiger partial charge in [-0.15, -0.1) is 0 Å². The van der Waals surface area contributed by atoms with Gasteiger partial charge in [0.25, 0.3) is 5.91 Å². The summed E-state index contributed by atoms with van der Waals surface area (Å²) >= 11 is 0. The second kappa shape index (κ2) is 8.08. The third kappa shape index (κ3) is 4.64. The number of nitrogens with one attached hydrogen (secondary N) is 2. The van der Waals surface area contributed by atoms with E-state index < -0.39 is 32.4 Å². The van der Waals surface area contributed by atoms with Gasteiger partial charge in [0, 0.05) is 12.6 Å². The molecule has 1 aromatic heterocycles. The second-order valence-electron chi connectivity index (χ2n) is 7.50. The lowest BCUT2D eigenvalue weighted by molar-refractivity contribution is -0.137. The van der Waals surface area contributed by atoms with E-state index in [-0.39, 0.29) is 22.3 Å². The fraction of sp³-hybridized carbons (Fsp3) is 0.333. The standard InChI is InChI=1S/C21H20F3N3O3S/c22-21(23,24)14-2-1-3-16(12-14)31(29,30)18-7-6-17(20(28)26-15-4-5-15)27-19(18)13-8-10-25-11-9-13/h1-3,6-8,12,15,25H,4-5,9-11H2,(H,26,28). The van der Waals surface area contributed by atoms with Crippen LogP contribution in [0.3, 0.4) is 0 Å². The average Bonchev–Trinajstić information content (AvgIpc) is 3.57. The van der Waals surface area contributed by atoms with E-state index in [0.29, 0.717) is 31.1 Å². The zero-order valence-corrected chi connectivity index (χ0v) is 17.2. The van der Waals surface area contributed by atoms with E-state index in [2.05, 4.69) is 15.6 Å². The van der Waals surface area contributed by atoms with Crippen molar-refractivity contribution in [2.24, 2.45) is 0 Å². The van der Waals surface area contributed by atoms with Crippen LogP contribution in [0.25, 0.3) is 5.57 Å². The van der Waals surface area contributed by atoms with Crippen molar-refractivity contribution < 1.29 is 26.4 Å². The number of carbonyl (C=O) groups is 1. The van der Waals surface area contributed by atoms with Gasteiger partial charge in [0.1, 0.15) is 5.69 Å². The molecule has 2 aliphatic rings. The molecule has 0 bridgehead atoms. The minimum Gasteiger partial charge on any atom is -0.348 e. The number of halogens is 3. The molecule has 0 saturated heterocycles. The lowest BCUT2D eigenvalue weighted by Crippen LogP contribution is -2.27. The molecule has 2 aromatic rings. The maximum absolute atomic E-state index is 13.3. The molecular formula is C21H20F3N3O3S. The Morgan fingerprint density at radius 3 is 2.58 bits per heavy atom. The number of benzene rings is 1. The van der Waals surface area contributed by atoms with Crippen molar-refractivity contribution in [2.45, 2.75) is 41.3 Å². The Morgan fingerprint density at radius 1 is 1.16 bits per heavy atom. The minimum absolute atomic E-state index is 0.0734. The molecule has 0 unspecified atom stereocenters. The fourth-order valence-corrected chi connectivity index (χ4v) is 4.78. The van der Waals surface area contributed by atoms with E-state index >= 15 is 0 Å². The number of amides is 1. The highest BCUT2D eigenvalue weighted by Gasteiger charge is 2.33. The normalized spacial score (nSPS) is 17.2. The highest BCUT2D eigenvalue weighted by Crippen LogP contribution is 2.34. The van der Waals surface area contributed by atoms with Crippen LogP contribution in [0.2, 0.25) is 0 Å². The molecule has 31 heavy (non-hydrogen) atoms. The Labute approximate surface area is 177 Å². The first-order valence-electron chi connectivity index (χ1n) is 9.80. The Bertz CT molecular complexity index is 1160. The van der Waals surface area contributed by atoms with Gasteiger partial charge in [-0.05, 0) is 61.7 Å². The van der Waals surface area contributed by atoms with Gasteiger partial charge in [-0.1, -0.05) is 12.1 Å². The van der Waals surface area contributed by atoms with Crippen LogP contribution in [-0.4, -0.2) is 38.4 Å². The summed E-state index contributed by atoms with van der Waals surface area (Å²) in [5, 5.41) is 5.92. The van der Waals surface area contributed by atoms with E-state index in [4.69, 9.17) is 0 Å². The molecule has 2 N–H and O–H groups in total. The van der Waals surface area contributed by atoms with Crippen molar-refractivity contribution in [3.05, 3.63) is 59.4 Å². The highest BCUT2D eigenvalue weighted by molar-refractivity contribution is 7.91. The summed E-state index contributed by atoms with van der Waals surface area (Å²) in [5.74, 6) is -0.402. The summed E-state index contributed by atoms with van der Waals surface area (Å²) < 4.78 is 65.9. The maximum Gasteiger partial charge on any atom is 0.416 e. The fourth-order valence-electron chi connectivity index (χ4n) is 3.31. The van der Waals surface area contributed by atoms with Gasteiger partial charge in [0.05, 0.1) is 21.0 Å². The van der Waals surface area contributed by atoms with Gasteiger partial charge in [0.15, 0.2) is 0 Å². The van der Waals surface area contributed by atoms with Crippen LogP contribution in [0.1, 0.15) is 41.0 Å². The van der Waals surface area contributed by atoms with Crippen molar-refractivity contribution in [1.82, 2.24) is 15.6 Å². The molecule has 10 heteroatoms. The molecule has 1 amide bonds. The first-order valence-corrected chi connectivity index (χ1v) is 11.3. The number of rotatable bonds is 5. The topological polar surface area (TPSA) is 88.2 Å². The Hall–Kier alpha value is -2.72. The highest BCUT2D eigenvalue weighted by atomic mass is 32.2. The van der Waals surface area contributed by atoms with Crippen LogP contribution in [-0.2, 0) is 16.0 Å². The van der Waals surface area contributed by atoms with Crippen molar-refractivity contribution in [2.75, 3.05) is 13.1 Å². The molecule has 4 rings (SSSR count). The molecule has 0 atom stereocenters. The summed E-state index contributed by atoms with van der Waals surface area (Å²) in [4.78, 5) is 16.1. The summed E-state index contributed by atoms with van der Waals surface area (Å²) in [5.41, 5.74) is -0.248. The molecule has 164 valence electrons. The number of nitrogens with zero attached hydrogens (tertiary/aromatic N) is 1. The van der Waals surface area contributed by atoms with Crippen molar-refractivity contribution in [3.8, 4) is 0 Å². The van der Waals surface area contributed by atoms with Crippen molar-refractivity contribution in [1.29, 1.82) is 0 Å². The molecule has 1 aliphatic carbocycles. The molecule has 6 nitrogen and oxygen atoms in total. The summed E-state index contributed by atoms with van der Waals surface area (Å²) in [6.45, 7) is 1.09. The predicted octanol–water partition coefficient (Wildman–Crippen LogP) is 3.20. The zero-order valence-electron chi connectivity index (χ0n) is 16.4. The molecule has 1 saturated carbocycles. The Kier molecular flexibility index (Phi) is 5.61. The second-order valence-corrected chi connectivity index (χ2v) is 9.42. The Morgan fingerprint density at radius 2 is 1.94 bits per heavy atom. The summed E-state index contributed by atoms with van der Waals surface area (Å²) in [6.07, 6.45) is -0.644. The molecule has 1 aromatic carbocycles. The number of aromatic nitrogens is 1. The monoisotopic (exact) mass is 451 g/mol. The van der Waals surface area contributed by atoms with E-state index in [1.165, 1.54) is 12.1 Å². The van der Waals surface area contributed by atoms with Gasteiger partial charge in [0.2, 0.25) is 9.84 Å². The third-order valence-corrected chi connectivity index (χ3v) is 6.92. The number of hydrogen-bond acceptors (Lipinski definition) is 5. The largest absolute Gasteiger partial charge is 0.416 e. The Balaban J connectivity index is 1.81. The van der Waals surface area contributed by atoms with Crippen LogP contribution < -0.4 is 10.6 Å². The van der Waals surface area contributed by atoms with E-state index in [1.807, 2.05) is 0 Å². The average molecular weight is 451 g/mol. The number of pyridine rings is 1. The molecular weight excluding hydrogens is 431 g/mol. The first kappa shape index (κ1) is 21.5. The SMILES string of the molecule is O=C(NC1CC1)c1ccc(S(=O)(=O)c2cccc(C(F)(F)F)c2)c(C2=CCNCC2)n1. The van der Waals surface area contributed by atoms with Crippen LogP contribution in [0.4, 0.5) is 13.2 Å². The maximum atomic E-state index is 13.3. The smallest absolute Gasteiger partial charge is 0.348 e. The van der Waals surface area contributed by atoms with Crippen LogP contribution >= 0.6 is 0 Å². The molecule has 0 spiro atoms. The van der Waals surface area contributed by atoms with E-state index in [0.717, 1.165) is 31.0 Å². The van der Waals surface area contributed by atoms with Crippen LogP contribution in [0, 0.1) is 0 Å². The lowest BCUT2D eigenvalue weighted by atomic mass is 10.0. The van der Waals surface area contributed by atoms with Gasteiger partial charge in [-0.25, -0.2) is 13.4 Å². The first-order chi connectivity index (χ1) is 14.7.